The number of ether oxygens (including phenoxy) is 3. The third-order valence-electron chi connectivity index (χ3n) is 10.5. The average molecular weight is 995 g/mol. The summed E-state index contributed by atoms with van der Waals surface area (Å²) in [5, 5.41) is 15.8. The lowest BCUT2D eigenvalue weighted by molar-refractivity contribution is -0.148. The summed E-state index contributed by atoms with van der Waals surface area (Å²) in [4.78, 5) is 122. The summed E-state index contributed by atoms with van der Waals surface area (Å²) in [6, 6.07) is 10.00. The van der Waals surface area contributed by atoms with E-state index >= 15 is 0 Å². The monoisotopic (exact) mass is 995 g/mol. The van der Waals surface area contributed by atoms with Crippen LogP contribution >= 0.6 is 0 Å². The number of hydrogen-bond donors (Lipinski definition) is 8. The first-order valence-corrected chi connectivity index (χ1v) is 24.2. The number of nitrogens with two attached hydrogens (primary N) is 1. The first-order valence-electron chi connectivity index (χ1n) is 24.2. The molecule has 71 heavy (non-hydrogen) atoms. The fourth-order valence-electron chi connectivity index (χ4n) is 7.04. The van der Waals surface area contributed by atoms with Crippen LogP contribution in [0.3, 0.4) is 0 Å². The number of hydrazine groups is 1. The molecule has 0 heterocycles. The maximum absolute atomic E-state index is 14.2. The summed E-state index contributed by atoms with van der Waals surface area (Å²) in [6.45, 7) is 19.1. The van der Waals surface area contributed by atoms with Crippen molar-refractivity contribution in [2.24, 2.45) is 29.5 Å². The SMILES string of the molecule is CC(C)C[C@H](NC(=O)[C@H](CCC(=O)OCc1ccccc1)NC(=O)OC(C)(C)C)C(=O)N[C@H](CC(C)C)C(=O)N[C@H](C(=O)N[C@@H](CC(=O)OCc1ccccc1)C(=O)N[C@H](CC(C)C)C(=O)NN)C(C)C. The van der Waals surface area contributed by atoms with Crippen LogP contribution in [0.4, 0.5) is 4.79 Å². The van der Waals surface area contributed by atoms with Crippen LogP contribution < -0.4 is 43.2 Å². The fourth-order valence-corrected chi connectivity index (χ4v) is 7.04. The van der Waals surface area contributed by atoms with Gasteiger partial charge in [-0.05, 0) is 81.3 Å². The quantitative estimate of drug-likeness (QED) is 0.0199. The van der Waals surface area contributed by atoms with E-state index in [1.165, 1.54) is 0 Å². The molecular formula is C51H78N8O12. The lowest BCUT2D eigenvalue weighted by atomic mass is 9.98. The summed E-state index contributed by atoms with van der Waals surface area (Å²) < 4.78 is 16.2. The molecule has 0 aliphatic heterocycles. The third kappa shape index (κ3) is 24.2. The van der Waals surface area contributed by atoms with Crippen molar-refractivity contribution in [3.63, 3.8) is 0 Å². The van der Waals surface area contributed by atoms with Gasteiger partial charge in [-0.2, -0.15) is 0 Å². The highest BCUT2D eigenvalue weighted by atomic mass is 16.6. The van der Waals surface area contributed by atoms with Gasteiger partial charge in [-0.3, -0.25) is 43.8 Å². The van der Waals surface area contributed by atoms with Crippen molar-refractivity contribution >= 4 is 53.5 Å². The molecule has 20 heteroatoms. The Labute approximate surface area is 418 Å². The molecule has 2 aromatic rings. The zero-order valence-electron chi connectivity index (χ0n) is 43.2. The van der Waals surface area contributed by atoms with Crippen molar-refractivity contribution < 1.29 is 57.4 Å². The molecule has 7 amide bonds. The number of alkyl carbamates (subject to hydrolysis) is 1. The van der Waals surface area contributed by atoms with Crippen molar-refractivity contribution in [1.29, 1.82) is 0 Å². The molecular weight excluding hydrogens is 917 g/mol. The molecule has 0 aromatic heterocycles. The van der Waals surface area contributed by atoms with E-state index in [1.54, 1.807) is 89.2 Å². The van der Waals surface area contributed by atoms with Gasteiger partial charge in [0.05, 0.1) is 6.42 Å². The maximum Gasteiger partial charge on any atom is 0.408 e. The van der Waals surface area contributed by atoms with Gasteiger partial charge in [0, 0.05) is 6.42 Å². The van der Waals surface area contributed by atoms with E-state index < -0.39 is 108 Å². The molecule has 9 N–H and O–H groups in total. The molecule has 20 nitrogen and oxygen atoms in total. The predicted octanol–water partition coefficient (Wildman–Crippen LogP) is 3.75. The van der Waals surface area contributed by atoms with E-state index in [1.807, 2.05) is 53.0 Å². The summed E-state index contributed by atoms with van der Waals surface area (Å²) in [7, 11) is 0. The van der Waals surface area contributed by atoms with Crippen LogP contribution in [0.5, 0.6) is 0 Å². The van der Waals surface area contributed by atoms with Gasteiger partial charge in [-0.1, -0.05) is 116 Å². The molecule has 0 fully saturated rings. The Kier molecular flexibility index (Phi) is 25.8. The first kappa shape index (κ1) is 60.6. The molecule has 0 aliphatic carbocycles. The molecule has 0 radical (unpaired) electrons. The standard InChI is InChI=1S/C51H78N8O12/c1-30(2)24-37(53-44(62)36(57-50(68)71-51(9,10)11)22-23-41(60)69-28-34-18-14-12-15-19-34)45(63)54-38(25-31(3)4)47(65)58-43(33(7)8)49(67)56-40(27-42(61)70-29-35-20-16-13-17-21-35)46(64)55-39(26-32(5)6)48(66)59-52/h12-21,30-33,36-40,43H,22-29,52H2,1-11H3,(H,53,62)(H,54,63)(H,55,64)(H,56,67)(H,57,68)(H,58,65)(H,59,66)/t36-,37-,38+,39+,40-,43-/m0/s1. The zero-order valence-corrected chi connectivity index (χ0v) is 43.2. The van der Waals surface area contributed by atoms with Crippen LogP contribution in [0.1, 0.15) is 126 Å². The Morgan fingerprint density at radius 2 is 0.887 bits per heavy atom. The molecule has 0 aliphatic rings. The molecule has 0 saturated heterocycles. The maximum atomic E-state index is 14.2. The molecule has 0 bridgehead atoms. The normalized spacial score (nSPS) is 13.9. The van der Waals surface area contributed by atoms with Crippen molar-refractivity contribution in [1.82, 2.24) is 37.3 Å². The molecule has 2 aromatic carbocycles. The molecule has 6 atom stereocenters. The third-order valence-corrected chi connectivity index (χ3v) is 10.5. The van der Waals surface area contributed by atoms with Crippen LogP contribution in [-0.2, 0) is 65.8 Å². The Morgan fingerprint density at radius 1 is 0.493 bits per heavy atom. The van der Waals surface area contributed by atoms with Gasteiger partial charge >= 0.3 is 18.0 Å². The van der Waals surface area contributed by atoms with E-state index in [0.717, 1.165) is 5.56 Å². The van der Waals surface area contributed by atoms with E-state index in [-0.39, 0.29) is 63.1 Å². The van der Waals surface area contributed by atoms with Crippen LogP contribution in [0.25, 0.3) is 0 Å². The van der Waals surface area contributed by atoms with Crippen molar-refractivity contribution in [3.8, 4) is 0 Å². The summed E-state index contributed by atoms with van der Waals surface area (Å²) in [6.07, 6.45) is -1.66. The highest BCUT2D eigenvalue weighted by Gasteiger charge is 2.36. The fraction of sp³-hybridized carbons (Fsp3) is 0.588. The minimum atomic E-state index is -1.57. The Bertz CT molecular complexity index is 2060. The van der Waals surface area contributed by atoms with Crippen molar-refractivity contribution in [2.45, 2.75) is 170 Å². The van der Waals surface area contributed by atoms with E-state index in [4.69, 9.17) is 20.1 Å². The number of carbonyl (C=O) groups excluding carboxylic acids is 9. The van der Waals surface area contributed by atoms with Crippen LogP contribution in [0.15, 0.2) is 60.7 Å². The van der Waals surface area contributed by atoms with E-state index in [2.05, 4.69) is 31.9 Å². The van der Waals surface area contributed by atoms with Gasteiger partial charge in [0.25, 0.3) is 5.91 Å². The van der Waals surface area contributed by atoms with Crippen molar-refractivity contribution in [3.05, 3.63) is 71.8 Å². The first-order chi connectivity index (χ1) is 33.3. The van der Waals surface area contributed by atoms with Gasteiger partial charge in [0.15, 0.2) is 0 Å². The summed E-state index contributed by atoms with van der Waals surface area (Å²) in [5.74, 6) is -1.77. The second-order valence-corrected chi connectivity index (χ2v) is 20.1. The number of rotatable bonds is 28. The Hall–Kier alpha value is -6.57. The number of hydrogen-bond acceptors (Lipinski definition) is 13. The highest BCUT2D eigenvalue weighted by Crippen LogP contribution is 2.15. The van der Waals surface area contributed by atoms with Gasteiger partial charge in [-0.25, -0.2) is 10.6 Å². The smallest absolute Gasteiger partial charge is 0.408 e. The number of carbonyl (C=O) groups is 9. The van der Waals surface area contributed by atoms with Crippen LogP contribution in [-0.4, -0.2) is 95.3 Å². The lowest BCUT2D eigenvalue weighted by Gasteiger charge is -2.29. The number of nitrogens with one attached hydrogen (secondary N) is 7. The molecule has 0 saturated carbocycles. The van der Waals surface area contributed by atoms with Crippen molar-refractivity contribution in [2.75, 3.05) is 0 Å². The van der Waals surface area contributed by atoms with Crippen LogP contribution in [0.2, 0.25) is 0 Å². The number of benzene rings is 2. The molecule has 0 spiro atoms. The van der Waals surface area contributed by atoms with E-state index in [0.29, 0.717) is 5.56 Å². The van der Waals surface area contributed by atoms with Gasteiger partial charge < -0.3 is 46.1 Å². The Morgan fingerprint density at radius 3 is 1.31 bits per heavy atom. The van der Waals surface area contributed by atoms with E-state index in [9.17, 15) is 43.2 Å². The zero-order chi connectivity index (χ0) is 53.4. The average Bonchev–Trinajstić information content (AvgIpc) is 3.28. The molecule has 2 rings (SSSR count). The topological polar surface area (TPSA) is 292 Å². The summed E-state index contributed by atoms with van der Waals surface area (Å²) >= 11 is 0. The second kappa shape index (κ2) is 30.2. The number of amides is 7. The largest absolute Gasteiger partial charge is 0.461 e. The minimum absolute atomic E-state index is 0.000101. The predicted molar refractivity (Wildman–Crippen MR) is 265 cm³/mol. The highest BCUT2D eigenvalue weighted by molar-refractivity contribution is 5.98. The second-order valence-electron chi connectivity index (χ2n) is 20.1. The molecule has 394 valence electrons. The summed E-state index contributed by atoms with van der Waals surface area (Å²) in [5.41, 5.74) is 2.54. The van der Waals surface area contributed by atoms with Gasteiger partial charge in [0.2, 0.25) is 29.5 Å². The molecule has 0 unspecified atom stereocenters. The number of esters is 2. The van der Waals surface area contributed by atoms with Gasteiger partial charge in [0.1, 0.15) is 55.1 Å². The Balaban J connectivity index is 2.36. The van der Waals surface area contributed by atoms with Crippen LogP contribution in [0, 0.1) is 23.7 Å². The van der Waals surface area contributed by atoms with Gasteiger partial charge in [-0.15, -0.1) is 0 Å². The minimum Gasteiger partial charge on any atom is -0.461 e. The lowest BCUT2D eigenvalue weighted by Crippen LogP contribution is -2.61.